The Balaban J connectivity index is 1.48. The van der Waals surface area contributed by atoms with Crippen LogP contribution >= 0.6 is 0 Å². The highest BCUT2D eigenvalue weighted by atomic mass is 16.3. The monoisotopic (exact) mass is 311 g/mol. The van der Waals surface area contributed by atoms with Gasteiger partial charge in [-0.1, -0.05) is 30.7 Å². The van der Waals surface area contributed by atoms with Gasteiger partial charge in [-0.25, -0.2) is 0 Å². The second kappa shape index (κ2) is 6.10. The fraction of sp³-hybridized carbons (Fsp3) is 0.526. The minimum atomic E-state index is -0.301. The van der Waals surface area contributed by atoms with Crippen LogP contribution in [0.2, 0.25) is 0 Å². The van der Waals surface area contributed by atoms with Gasteiger partial charge in [0.1, 0.15) is 0 Å². The van der Waals surface area contributed by atoms with E-state index in [1.807, 2.05) is 17.9 Å². The van der Waals surface area contributed by atoms with Crippen LogP contribution in [0.4, 0.5) is 0 Å². The maximum Gasteiger partial charge on any atom is 0.0775 e. The molecule has 2 aromatic rings. The molecule has 122 valence electrons. The van der Waals surface area contributed by atoms with E-state index in [0.29, 0.717) is 12.0 Å². The number of aromatic nitrogens is 2. The molecule has 0 amide bonds. The molecule has 0 bridgehead atoms. The number of hydrogen-bond acceptors (Lipinski definition) is 3. The number of aliphatic hydroxyl groups excluding tert-OH is 1. The highest BCUT2D eigenvalue weighted by Crippen LogP contribution is 2.36. The van der Waals surface area contributed by atoms with E-state index in [-0.39, 0.29) is 12.1 Å². The predicted molar refractivity (Wildman–Crippen MR) is 90.2 cm³/mol. The third kappa shape index (κ3) is 2.81. The first-order valence-electron chi connectivity index (χ1n) is 8.72. The van der Waals surface area contributed by atoms with Crippen molar-refractivity contribution in [3.63, 3.8) is 0 Å². The van der Waals surface area contributed by atoms with E-state index < -0.39 is 0 Å². The Kier molecular flexibility index (Phi) is 3.95. The summed E-state index contributed by atoms with van der Waals surface area (Å²) in [7, 11) is 2.03. The van der Waals surface area contributed by atoms with Gasteiger partial charge in [-0.2, -0.15) is 5.10 Å². The Morgan fingerprint density at radius 3 is 2.91 bits per heavy atom. The summed E-state index contributed by atoms with van der Waals surface area (Å²) in [5.74, 6) is 0.572. The smallest absolute Gasteiger partial charge is 0.0775 e. The van der Waals surface area contributed by atoms with Crippen LogP contribution in [0.5, 0.6) is 0 Å². The van der Waals surface area contributed by atoms with Gasteiger partial charge in [-0.05, 0) is 36.5 Å². The average Bonchev–Trinajstić information content (AvgIpc) is 3.12. The topological polar surface area (TPSA) is 50.1 Å². The lowest BCUT2D eigenvalue weighted by atomic mass is 9.83. The molecule has 0 spiro atoms. The third-order valence-corrected chi connectivity index (χ3v) is 5.57. The molecule has 4 heteroatoms. The minimum absolute atomic E-state index is 0.0847. The van der Waals surface area contributed by atoms with E-state index in [2.05, 4.69) is 40.7 Å². The van der Waals surface area contributed by atoms with Crippen molar-refractivity contribution in [2.45, 2.75) is 56.2 Å². The zero-order valence-electron chi connectivity index (χ0n) is 13.7. The third-order valence-electron chi connectivity index (χ3n) is 5.57. The van der Waals surface area contributed by atoms with Gasteiger partial charge in [0, 0.05) is 37.3 Å². The molecule has 2 aliphatic rings. The average molecular weight is 311 g/mol. The second-order valence-electron chi connectivity index (χ2n) is 7.05. The first-order chi connectivity index (χ1) is 11.2. The number of nitrogens with zero attached hydrogens (tertiary/aromatic N) is 2. The lowest BCUT2D eigenvalue weighted by Crippen LogP contribution is -2.39. The number of rotatable bonds is 3. The second-order valence-corrected chi connectivity index (χ2v) is 7.05. The number of aliphatic hydroxyl groups is 1. The molecule has 2 N–H and O–H groups in total. The first kappa shape index (κ1) is 14.9. The van der Waals surface area contributed by atoms with Crippen LogP contribution < -0.4 is 5.32 Å². The Morgan fingerprint density at radius 1 is 1.22 bits per heavy atom. The van der Waals surface area contributed by atoms with Crippen molar-refractivity contribution < 1.29 is 5.11 Å². The number of benzene rings is 1. The summed E-state index contributed by atoms with van der Waals surface area (Å²) in [4.78, 5) is 0. The van der Waals surface area contributed by atoms with Gasteiger partial charge < -0.3 is 10.4 Å². The largest absolute Gasteiger partial charge is 0.391 e. The summed E-state index contributed by atoms with van der Waals surface area (Å²) in [6, 6.07) is 11.1. The molecule has 0 aliphatic heterocycles. The van der Waals surface area contributed by atoms with Crippen molar-refractivity contribution in [1.29, 1.82) is 0 Å². The van der Waals surface area contributed by atoms with Crippen LogP contribution in [0.15, 0.2) is 36.5 Å². The molecule has 4 nitrogen and oxygen atoms in total. The molecule has 2 aliphatic carbocycles. The standard InChI is InChI=1S/C19H25N3O/c1-22-17(9-10-20-22)14-6-4-7-15(11-14)21-19-16-8-3-2-5-13(16)12-18(19)23/h2-3,5,8-10,14-15,18-19,21,23H,4,6-7,11-12H2,1H3/t14?,15?,18-,19+/m0/s1. The summed E-state index contributed by atoms with van der Waals surface area (Å²) in [6.45, 7) is 0. The molecule has 2 unspecified atom stereocenters. The molecule has 4 rings (SSSR count). The molecule has 1 aromatic heterocycles. The molecule has 1 aromatic carbocycles. The Labute approximate surface area is 137 Å². The van der Waals surface area contributed by atoms with Crippen molar-refractivity contribution in [2.75, 3.05) is 0 Å². The van der Waals surface area contributed by atoms with Gasteiger partial charge in [0.05, 0.1) is 12.1 Å². The first-order valence-corrected chi connectivity index (χ1v) is 8.72. The zero-order valence-corrected chi connectivity index (χ0v) is 13.7. The maximum atomic E-state index is 10.5. The van der Waals surface area contributed by atoms with Crippen molar-refractivity contribution in [3.05, 3.63) is 53.3 Å². The Hall–Kier alpha value is -1.65. The molecule has 0 saturated heterocycles. The predicted octanol–water partition coefficient (Wildman–Crippen LogP) is 2.69. The zero-order chi connectivity index (χ0) is 15.8. The van der Waals surface area contributed by atoms with Gasteiger partial charge in [0.25, 0.3) is 0 Å². The molecule has 1 fully saturated rings. The molecular weight excluding hydrogens is 286 g/mol. The number of fused-ring (bicyclic) bond motifs is 1. The summed E-state index contributed by atoms with van der Waals surface area (Å²) in [6.07, 6.45) is 7.16. The van der Waals surface area contributed by atoms with E-state index in [9.17, 15) is 5.11 Å². The maximum absolute atomic E-state index is 10.5. The van der Waals surface area contributed by atoms with Gasteiger partial charge in [-0.15, -0.1) is 0 Å². The van der Waals surface area contributed by atoms with Crippen molar-refractivity contribution >= 4 is 0 Å². The van der Waals surface area contributed by atoms with Crippen molar-refractivity contribution in [1.82, 2.24) is 15.1 Å². The Bertz CT molecular complexity index is 681. The summed E-state index contributed by atoms with van der Waals surface area (Å²) < 4.78 is 2.01. The quantitative estimate of drug-likeness (QED) is 0.916. The molecule has 1 heterocycles. The van der Waals surface area contributed by atoms with E-state index in [0.717, 1.165) is 12.8 Å². The van der Waals surface area contributed by atoms with Gasteiger partial charge >= 0.3 is 0 Å². The minimum Gasteiger partial charge on any atom is -0.391 e. The molecular formula is C19H25N3O. The lowest BCUT2D eigenvalue weighted by molar-refractivity contribution is 0.128. The van der Waals surface area contributed by atoms with Crippen molar-refractivity contribution in [2.24, 2.45) is 7.05 Å². The fourth-order valence-corrected chi connectivity index (χ4v) is 4.42. The van der Waals surface area contributed by atoms with Crippen LogP contribution in [0.3, 0.4) is 0 Å². The Morgan fingerprint density at radius 2 is 2.09 bits per heavy atom. The van der Waals surface area contributed by atoms with E-state index >= 15 is 0 Å². The van der Waals surface area contributed by atoms with Crippen LogP contribution in [-0.2, 0) is 13.5 Å². The summed E-state index contributed by atoms with van der Waals surface area (Å²) in [5.41, 5.74) is 3.91. The molecule has 1 saturated carbocycles. The highest BCUT2D eigenvalue weighted by molar-refractivity contribution is 5.36. The number of aryl methyl sites for hydroxylation is 1. The van der Waals surface area contributed by atoms with E-state index in [1.165, 1.54) is 36.1 Å². The molecule has 0 radical (unpaired) electrons. The molecule has 23 heavy (non-hydrogen) atoms. The normalized spacial score (nSPS) is 30.3. The van der Waals surface area contributed by atoms with Crippen LogP contribution in [0.25, 0.3) is 0 Å². The fourth-order valence-electron chi connectivity index (χ4n) is 4.42. The number of nitrogens with one attached hydrogen (secondary N) is 1. The molecule has 4 atom stereocenters. The lowest BCUT2D eigenvalue weighted by Gasteiger charge is -2.33. The summed E-state index contributed by atoms with van der Waals surface area (Å²) >= 11 is 0. The van der Waals surface area contributed by atoms with Gasteiger partial charge in [0.15, 0.2) is 0 Å². The van der Waals surface area contributed by atoms with E-state index in [4.69, 9.17) is 0 Å². The van der Waals surface area contributed by atoms with Crippen molar-refractivity contribution in [3.8, 4) is 0 Å². The van der Waals surface area contributed by atoms with E-state index in [1.54, 1.807) is 0 Å². The SMILES string of the molecule is Cn1nccc1C1CCCC(N[C@@H]2c3ccccc3C[C@@H]2O)C1. The number of hydrogen-bond donors (Lipinski definition) is 2. The van der Waals surface area contributed by atoms with Gasteiger partial charge in [0.2, 0.25) is 0 Å². The highest BCUT2D eigenvalue weighted by Gasteiger charge is 2.34. The van der Waals surface area contributed by atoms with Crippen LogP contribution in [0, 0.1) is 0 Å². The van der Waals surface area contributed by atoms with Crippen LogP contribution in [0.1, 0.15) is 54.5 Å². The van der Waals surface area contributed by atoms with Gasteiger partial charge in [-0.3, -0.25) is 4.68 Å². The summed E-state index contributed by atoms with van der Waals surface area (Å²) in [5, 5.41) is 18.5. The van der Waals surface area contributed by atoms with Crippen LogP contribution in [-0.4, -0.2) is 27.0 Å².